The Kier molecular flexibility index (Phi) is 5.07. The minimum atomic E-state index is 0.111. The topological polar surface area (TPSA) is 42.0 Å². The minimum Gasteiger partial charge on any atom is -0.349 e. The summed E-state index contributed by atoms with van der Waals surface area (Å²) in [4.78, 5) is 16.5. The van der Waals surface area contributed by atoms with E-state index in [0.29, 0.717) is 17.4 Å². The SMILES string of the molecule is CC(CCC1CC[C@H]2[C@@H]3CCC4NC(=O)C=C[C@]4(C)[C@@H]3CC[C@]12C)c1ccccn1. The zero-order chi connectivity index (χ0) is 20.9. The predicted molar refractivity (Wildman–Crippen MR) is 121 cm³/mol. The molecule has 3 saturated carbocycles. The third kappa shape index (κ3) is 3.15. The van der Waals surface area contributed by atoms with Gasteiger partial charge in [0.05, 0.1) is 0 Å². The molecule has 2 heterocycles. The predicted octanol–water partition coefficient (Wildman–Crippen LogP) is 5.88. The van der Waals surface area contributed by atoms with Crippen molar-refractivity contribution in [2.75, 3.05) is 0 Å². The maximum Gasteiger partial charge on any atom is 0.243 e. The Morgan fingerprint density at radius 3 is 2.80 bits per heavy atom. The van der Waals surface area contributed by atoms with Gasteiger partial charge in [-0.05, 0) is 105 Å². The van der Waals surface area contributed by atoms with Crippen LogP contribution in [-0.4, -0.2) is 16.9 Å². The Balaban J connectivity index is 1.29. The van der Waals surface area contributed by atoms with E-state index >= 15 is 0 Å². The van der Waals surface area contributed by atoms with Gasteiger partial charge < -0.3 is 5.32 Å². The molecule has 5 rings (SSSR count). The first-order valence-electron chi connectivity index (χ1n) is 12.3. The molecule has 3 heteroatoms. The van der Waals surface area contributed by atoms with Crippen LogP contribution in [0, 0.1) is 34.5 Å². The Labute approximate surface area is 182 Å². The van der Waals surface area contributed by atoms with Crippen molar-refractivity contribution in [3.63, 3.8) is 0 Å². The van der Waals surface area contributed by atoms with E-state index in [2.05, 4.69) is 49.3 Å². The van der Waals surface area contributed by atoms with Crippen LogP contribution >= 0.6 is 0 Å². The molecule has 1 N–H and O–H groups in total. The summed E-state index contributed by atoms with van der Waals surface area (Å²) in [6, 6.07) is 6.66. The molecule has 4 aliphatic rings. The highest BCUT2D eigenvalue weighted by atomic mass is 16.1. The number of pyridine rings is 1. The Bertz CT molecular complexity index is 819. The molecule has 1 amide bonds. The maximum atomic E-state index is 11.9. The zero-order valence-electron chi connectivity index (χ0n) is 18.9. The van der Waals surface area contributed by atoms with E-state index in [1.54, 1.807) is 0 Å². The number of carbonyl (C=O) groups is 1. The summed E-state index contributed by atoms with van der Waals surface area (Å²) in [5, 5.41) is 3.29. The van der Waals surface area contributed by atoms with Crippen LogP contribution in [0.25, 0.3) is 0 Å². The molecule has 1 aromatic rings. The lowest BCUT2D eigenvalue weighted by atomic mass is 9.47. The zero-order valence-corrected chi connectivity index (χ0v) is 18.9. The molecule has 0 aromatic carbocycles. The fourth-order valence-electron chi connectivity index (χ4n) is 8.18. The average molecular weight is 407 g/mol. The largest absolute Gasteiger partial charge is 0.349 e. The van der Waals surface area contributed by atoms with Crippen molar-refractivity contribution in [1.29, 1.82) is 0 Å². The van der Waals surface area contributed by atoms with Crippen LogP contribution in [0.2, 0.25) is 0 Å². The van der Waals surface area contributed by atoms with E-state index in [1.165, 1.54) is 50.6 Å². The molecule has 0 bridgehead atoms. The molecular formula is C27H38N2O. The van der Waals surface area contributed by atoms with Crippen LogP contribution in [0.15, 0.2) is 36.5 Å². The van der Waals surface area contributed by atoms with Crippen molar-refractivity contribution < 1.29 is 4.79 Å². The number of rotatable bonds is 4. The van der Waals surface area contributed by atoms with Crippen molar-refractivity contribution in [2.45, 2.75) is 84.1 Å². The Morgan fingerprint density at radius 1 is 1.13 bits per heavy atom. The van der Waals surface area contributed by atoms with Gasteiger partial charge in [-0.2, -0.15) is 0 Å². The van der Waals surface area contributed by atoms with Gasteiger partial charge in [0.25, 0.3) is 0 Å². The van der Waals surface area contributed by atoms with Gasteiger partial charge in [-0.25, -0.2) is 0 Å². The molecule has 3 aliphatic carbocycles. The fraction of sp³-hybridized carbons (Fsp3) is 0.704. The number of nitrogens with one attached hydrogen (secondary N) is 1. The number of hydrogen-bond acceptors (Lipinski definition) is 2. The summed E-state index contributed by atoms with van der Waals surface area (Å²) in [5.41, 5.74) is 1.91. The van der Waals surface area contributed by atoms with Crippen LogP contribution < -0.4 is 5.32 Å². The highest BCUT2D eigenvalue weighted by Gasteiger charge is 2.59. The molecular weight excluding hydrogens is 368 g/mol. The van der Waals surface area contributed by atoms with Gasteiger partial charge in [0.15, 0.2) is 0 Å². The van der Waals surface area contributed by atoms with Gasteiger partial charge in [-0.3, -0.25) is 9.78 Å². The van der Waals surface area contributed by atoms with E-state index < -0.39 is 0 Å². The van der Waals surface area contributed by atoms with Gasteiger partial charge in [-0.1, -0.05) is 32.9 Å². The molecule has 3 nitrogen and oxygen atoms in total. The van der Waals surface area contributed by atoms with Gasteiger partial charge in [0.1, 0.15) is 0 Å². The highest BCUT2D eigenvalue weighted by molar-refractivity contribution is 5.89. The van der Waals surface area contributed by atoms with Crippen LogP contribution in [-0.2, 0) is 4.79 Å². The standard InChI is InChI=1S/C27H38N2O/c1-18(23-6-4-5-17-28-23)7-8-19-9-11-21-20-10-12-24-27(3,16-14-25(30)29-24)22(20)13-15-26(19,21)2/h4-6,14,16-22,24H,7-13,15H2,1-3H3,(H,29,30)/t18?,19?,20-,21-,22+,24?,26+,27+/m0/s1. The van der Waals surface area contributed by atoms with Crippen molar-refractivity contribution in [1.82, 2.24) is 10.3 Å². The third-order valence-electron chi connectivity index (χ3n) is 10.0. The third-order valence-corrected chi connectivity index (χ3v) is 10.0. The lowest BCUT2D eigenvalue weighted by Gasteiger charge is -2.59. The molecule has 0 saturated heterocycles. The monoisotopic (exact) mass is 406 g/mol. The van der Waals surface area contributed by atoms with Crippen molar-refractivity contribution in [3.05, 3.63) is 42.2 Å². The molecule has 8 atom stereocenters. The minimum absolute atomic E-state index is 0.111. The summed E-state index contributed by atoms with van der Waals surface area (Å²) < 4.78 is 0. The van der Waals surface area contributed by atoms with Crippen LogP contribution in [0.3, 0.4) is 0 Å². The number of nitrogens with zero attached hydrogens (tertiary/aromatic N) is 1. The molecule has 3 unspecified atom stereocenters. The molecule has 1 aliphatic heterocycles. The molecule has 1 aromatic heterocycles. The fourth-order valence-corrected chi connectivity index (χ4v) is 8.18. The number of carbonyl (C=O) groups excluding carboxylic acids is 1. The lowest BCUT2D eigenvalue weighted by Crippen LogP contribution is -2.59. The lowest BCUT2D eigenvalue weighted by molar-refractivity contribution is -0.122. The first kappa shape index (κ1) is 20.3. The van der Waals surface area contributed by atoms with Gasteiger partial charge in [-0.15, -0.1) is 0 Å². The average Bonchev–Trinajstić information content (AvgIpc) is 3.09. The van der Waals surface area contributed by atoms with E-state index in [4.69, 9.17) is 0 Å². The number of hydrogen-bond donors (Lipinski definition) is 1. The smallest absolute Gasteiger partial charge is 0.243 e. The van der Waals surface area contributed by atoms with Crippen molar-refractivity contribution in [3.8, 4) is 0 Å². The molecule has 0 spiro atoms. The van der Waals surface area contributed by atoms with Crippen LogP contribution in [0.4, 0.5) is 0 Å². The van der Waals surface area contributed by atoms with Crippen molar-refractivity contribution >= 4 is 5.91 Å². The Morgan fingerprint density at radius 2 is 2.00 bits per heavy atom. The summed E-state index contributed by atoms with van der Waals surface area (Å²) in [6.07, 6.45) is 16.6. The van der Waals surface area contributed by atoms with Crippen molar-refractivity contribution in [2.24, 2.45) is 34.5 Å². The molecule has 3 fully saturated rings. The normalized spacial score (nSPS) is 43.3. The second-order valence-corrected chi connectivity index (χ2v) is 11.3. The molecule has 30 heavy (non-hydrogen) atoms. The van der Waals surface area contributed by atoms with Crippen LogP contribution in [0.1, 0.15) is 83.7 Å². The second-order valence-electron chi connectivity index (χ2n) is 11.3. The first-order valence-corrected chi connectivity index (χ1v) is 12.3. The van der Waals surface area contributed by atoms with Gasteiger partial charge in [0, 0.05) is 23.3 Å². The highest BCUT2D eigenvalue weighted by Crippen LogP contribution is 2.65. The molecule has 162 valence electrons. The number of amides is 1. The quantitative estimate of drug-likeness (QED) is 0.678. The summed E-state index contributed by atoms with van der Waals surface area (Å²) in [7, 11) is 0. The molecule has 0 radical (unpaired) electrons. The van der Waals surface area contributed by atoms with E-state index in [1.807, 2.05) is 18.3 Å². The van der Waals surface area contributed by atoms with Gasteiger partial charge >= 0.3 is 0 Å². The van der Waals surface area contributed by atoms with Crippen LogP contribution in [0.5, 0.6) is 0 Å². The number of fused-ring (bicyclic) bond motifs is 5. The maximum absolute atomic E-state index is 11.9. The Hall–Kier alpha value is -1.64. The second kappa shape index (κ2) is 7.50. The van der Waals surface area contributed by atoms with E-state index in [0.717, 1.165) is 30.1 Å². The van der Waals surface area contributed by atoms with E-state index in [9.17, 15) is 4.79 Å². The van der Waals surface area contributed by atoms with Gasteiger partial charge in [0.2, 0.25) is 5.91 Å². The first-order chi connectivity index (χ1) is 14.4. The summed E-state index contributed by atoms with van der Waals surface area (Å²) in [5.74, 6) is 3.97. The van der Waals surface area contributed by atoms with E-state index in [-0.39, 0.29) is 11.3 Å². The number of aromatic nitrogens is 1. The summed E-state index contributed by atoms with van der Waals surface area (Å²) in [6.45, 7) is 7.40. The summed E-state index contributed by atoms with van der Waals surface area (Å²) >= 11 is 0.